The number of furan rings is 1. The molecule has 1 N–H and O–H groups in total. The van der Waals surface area contributed by atoms with E-state index in [9.17, 15) is 4.79 Å². The highest BCUT2D eigenvalue weighted by Gasteiger charge is 2.19. The van der Waals surface area contributed by atoms with Crippen LogP contribution in [0, 0.1) is 6.92 Å². The van der Waals surface area contributed by atoms with Gasteiger partial charge >= 0.3 is 0 Å². The number of carbonyl (C=O) groups is 1. The highest BCUT2D eigenvalue weighted by molar-refractivity contribution is 7.15. The number of amides is 1. The minimum Gasteiger partial charge on any atom is -0.462 e. The Balaban J connectivity index is 1.57. The molecule has 0 saturated heterocycles. The first kappa shape index (κ1) is 13.8. The number of rotatable bonds is 3. The van der Waals surface area contributed by atoms with E-state index < -0.39 is 0 Å². The lowest BCUT2D eigenvalue weighted by Crippen LogP contribution is -2.13. The summed E-state index contributed by atoms with van der Waals surface area (Å²) in [4.78, 5) is 17.7. The SMILES string of the molecule is Cc1sc(-c2ccco2)nc1C(=O)Nc1ccc2c(c1)OCO2. The van der Waals surface area contributed by atoms with Gasteiger partial charge in [-0.15, -0.1) is 11.3 Å². The quantitative estimate of drug-likeness (QED) is 0.793. The number of benzene rings is 1. The van der Waals surface area contributed by atoms with Crippen LogP contribution in [0.1, 0.15) is 15.4 Å². The molecule has 0 radical (unpaired) electrons. The van der Waals surface area contributed by atoms with Crippen LogP contribution in [0.15, 0.2) is 41.0 Å². The average Bonchev–Trinajstić information content (AvgIpc) is 3.26. The van der Waals surface area contributed by atoms with Gasteiger partial charge in [0.2, 0.25) is 6.79 Å². The van der Waals surface area contributed by atoms with Crippen LogP contribution >= 0.6 is 11.3 Å². The summed E-state index contributed by atoms with van der Waals surface area (Å²) < 4.78 is 15.9. The average molecular weight is 328 g/mol. The lowest BCUT2D eigenvalue weighted by atomic mass is 10.2. The standard InChI is InChI=1S/C16H12N2O4S/c1-9-14(18-16(23-9)12-3-2-6-20-12)15(19)17-10-4-5-11-13(7-10)22-8-21-11/h2-7H,8H2,1H3,(H,17,19). The molecule has 3 aromatic rings. The lowest BCUT2D eigenvalue weighted by Gasteiger charge is -2.05. The van der Waals surface area contributed by atoms with Crippen molar-refractivity contribution in [2.45, 2.75) is 6.92 Å². The molecule has 0 fully saturated rings. The fourth-order valence-electron chi connectivity index (χ4n) is 2.28. The van der Waals surface area contributed by atoms with Crippen molar-refractivity contribution in [3.8, 4) is 22.3 Å². The Labute approximate surface area is 135 Å². The maximum Gasteiger partial charge on any atom is 0.275 e. The van der Waals surface area contributed by atoms with Gasteiger partial charge in [0, 0.05) is 16.6 Å². The smallest absolute Gasteiger partial charge is 0.275 e. The number of aryl methyl sites for hydroxylation is 1. The van der Waals surface area contributed by atoms with Crippen molar-refractivity contribution in [3.05, 3.63) is 47.2 Å². The van der Waals surface area contributed by atoms with Gasteiger partial charge < -0.3 is 19.2 Å². The summed E-state index contributed by atoms with van der Waals surface area (Å²) in [7, 11) is 0. The number of fused-ring (bicyclic) bond motifs is 1. The molecule has 1 amide bonds. The predicted molar refractivity (Wildman–Crippen MR) is 85.1 cm³/mol. The summed E-state index contributed by atoms with van der Waals surface area (Å²) >= 11 is 1.42. The molecule has 7 heteroatoms. The van der Waals surface area contributed by atoms with Crippen molar-refractivity contribution in [1.29, 1.82) is 0 Å². The molecule has 0 unspecified atom stereocenters. The van der Waals surface area contributed by atoms with Crippen molar-refractivity contribution in [3.63, 3.8) is 0 Å². The number of carbonyl (C=O) groups excluding carboxylic acids is 1. The second kappa shape index (κ2) is 5.44. The predicted octanol–water partition coefficient (Wildman–Crippen LogP) is 3.69. The number of nitrogens with zero attached hydrogens (tertiary/aromatic N) is 1. The van der Waals surface area contributed by atoms with Crippen LogP contribution in [0.25, 0.3) is 10.8 Å². The Kier molecular flexibility index (Phi) is 3.27. The van der Waals surface area contributed by atoms with Crippen LogP contribution in [0.4, 0.5) is 5.69 Å². The first-order valence-corrected chi connectivity index (χ1v) is 7.74. The zero-order valence-corrected chi connectivity index (χ0v) is 13.0. The summed E-state index contributed by atoms with van der Waals surface area (Å²) in [6, 6.07) is 8.87. The zero-order chi connectivity index (χ0) is 15.8. The normalized spacial score (nSPS) is 12.4. The van der Waals surface area contributed by atoms with Crippen molar-refractivity contribution in [2.75, 3.05) is 12.1 Å². The van der Waals surface area contributed by atoms with Gasteiger partial charge in [0.15, 0.2) is 22.3 Å². The van der Waals surface area contributed by atoms with Gasteiger partial charge in [-0.1, -0.05) is 0 Å². The molecule has 0 aliphatic carbocycles. The summed E-state index contributed by atoms with van der Waals surface area (Å²) in [5.74, 6) is 1.68. The Bertz CT molecular complexity index is 870. The molecule has 6 nitrogen and oxygen atoms in total. The van der Waals surface area contributed by atoms with E-state index >= 15 is 0 Å². The minimum atomic E-state index is -0.268. The van der Waals surface area contributed by atoms with E-state index in [-0.39, 0.29) is 12.7 Å². The van der Waals surface area contributed by atoms with E-state index in [4.69, 9.17) is 13.9 Å². The molecule has 3 heterocycles. The van der Waals surface area contributed by atoms with Gasteiger partial charge in [-0.05, 0) is 31.2 Å². The molecule has 0 spiro atoms. The maximum absolute atomic E-state index is 12.4. The van der Waals surface area contributed by atoms with Crippen LogP contribution in [0.5, 0.6) is 11.5 Å². The highest BCUT2D eigenvalue weighted by Crippen LogP contribution is 2.34. The van der Waals surface area contributed by atoms with E-state index in [1.165, 1.54) is 11.3 Å². The largest absolute Gasteiger partial charge is 0.462 e. The van der Waals surface area contributed by atoms with Gasteiger partial charge in [0.1, 0.15) is 5.69 Å². The number of nitrogens with one attached hydrogen (secondary N) is 1. The van der Waals surface area contributed by atoms with E-state index in [2.05, 4.69) is 10.3 Å². The van der Waals surface area contributed by atoms with Gasteiger partial charge in [-0.3, -0.25) is 4.79 Å². The van der Waals surface area contributed by atoms with E-state index in [1.54, 1.807) is 30.5 Å². The Morgan fingerprint density at radius 1 is 1.26 bits per heavy atom. The van der Waals surface area contributed by atoms with Crippen LogP contribution in [0.2, 0.25) is 0 Å². The third kappa shape index (κ3) is 2.55. The topological polar surface area (TPSA) is 73.6 Å². The number of anilines is 1. The van der Waals surface area contributed by atoms with E-state index in [0.29, 0.717) is 33.6 Å². The molecule has 2 aromatic heterocycles. The van der Waals surface area contributed by atoms with Crippen LogP contribution < -0.4 is 14.8 Å². The van der Waals surface area contributed by atoms with Crippen LogP contribution in [-0.2, 0) is 0 Å². The third-order valence-corrected chi connectivity index (χ3v) is 4.36. The molecule has 0 bridgehead atoms. The molecule has 1 aliphatic rings. The van der Waals surface area contributed by atoms with Crippen LogP contribution in [-0.4, -0.2) is 17.7 Å². The second-order valence-electron chi connectivity index (χ2n) is 4.92. The molecule has 4 rings (SSSR count). The molecule has 1 aliphatic heterocycles. The van der Waals surface area contributed by atoms with Crippen molar-refractivity contribution in [2.24, 2.45) is 0 Å². The van der Waals surface area contributed by atoms with Gasteiger partial charge in [0.25, 0.3) is 5.91 Å². The summed E-state index contributed by atoms with van der Waals surface area (Å²) in [6.45, 7) is 2.06. The molecular formula is C16H12N2O4S. The summed E-state index contributed by atoms with van der Waals surface area (Å²) in [5, 5.41) is 3.51. The monoisotopic (exact) mass is 328 g/mol. The first-order chi connectivity index (χ1) is 11.2. The van der Waals surface area contributed by atoms with E-state index in [1.807, 2.05) is 13.0 Å². The molecule has 0 atom stereocenters. The highest BCUT2D eigenvalue weighted by atomic mass is 32.1. The fourth-order valence-corrected chi connectivity index (χ4v) is 3.16. The third-order valence-electron chi connectivity index (χ3n) is 3.37. The van der Waals surface area contributed by atoms with Crippen LogP contribution in [0.3, 0.4) is 0 Å². The zero-order valence-electron chi connectivity index (χ0n) is 12.2. The Morgan fingerprint density at radius 2 is 2.13 bits per heavy atom. The number of hydrogen-bond acceptors (Lipinski definition) is 6. The molecule has 23 heavy (non-hydrogen) atoms. The maximum atomic E-state index is 12.4. The minimum absolute atomic E-state index is 0.199. The first-order valence-electron chi connectivity index (χ1n) is 6.93. The van der Waals surface area contributed by atoms with Gasteiger partial charge in [-0.25, -0.2) is 4.98 Å². The van der Waals surface area contributed by atoms with E-state index in [0.717, 1.165) is 4.88 Å². The molecule has 1 aromatic carbocycles. The molecule has 0 saturated carbocycles. The Hall–Kier alpha value is -2.80. The van der Waals surface area contributed by atoms with Crippen molar-refractivity contribution in [1.82, 2.24) is 4.98 Å². The molecule has 116 valence electrons. The van der Waals surface area contributed by atoms with Crippen molar-refractivity contribution >= 4 is 22.9 Å². The lowest BCUT2D eigenvalue weighted by molar-refractivity contribution is 0.102. The van der Waals surface area contributed by atoms with Gasteiger partial charge in [-0.2, -0.15) is 0 Å². The summed E-state index contributed by atoms with van der Waals surface area (Å²) in [5.41, 5.74) is 1.02. The molecular weight excluding hydrogens is 316 g/mol. The number of hydrogen-bond donors (Lipinski definition) is 1. The Morgan fingerprint density at radius 3 is 2.96 bits per heavy atom. The number of thiazole rings is 1. The summed E-state index contributed by atoms with van der Waals surface area (Å²) in [6.07, 6.45) is 1.58. The number of aromatic nitrogens is 1. The second-order valence-corrected chi connectivity index (χ2v) is 6.13. The van der Waals surface area contributed by atoms with Gasteiger partial charge in [0.05, 0.1) is 6.26 Å². The van der Waals surface area contributed by atoms with Crippen molar-refractivity contribution < 1.29 is 18.7 Å². The fraction of sp³-hybridized carbons (Fsp3) is 0.125. The number of ether oxygens (including phenoxy) is 2.